The van der Waals surface area contributed by atoms with Crippen LogP contribution in [0.25, 0.3) is 0 Å². The molecule has 7 heteroatoms. The number of aryl methyl sites for hydroxylation is 1. The summed E-state index contributed by atoms with van der Waals surface area (Å²) in [4.78, 5) is 24.2. The number of hydrogen-bond acceptors (Lipinski definition) is 6. The number of aromatic nitrogens is 2. The van der Waals surface area contributed by atoms with Crippen LogP contribution >= 0.6 is 0 Å². The summed E-state index contributed by atoms with van der Waals surface area (Å²) in [6.45, 7) is 4.05. The van der Waals surface area contributed by atoms with Crippen molar-refractivity contribution in [2.45, 2.75) is 20.3 Å². The number of benzene rings is 2. The van der Waals surface area contributed by atoms with Crippen LogP contribution < -0.4 is 10.6 Å². The summed E-state index contributed by atoms with van der Waals surface area (Å²) < 4.78 is 5.06. The molecular weight excluding hydrogens is 368 g/mol. The fraction of sp³-hybridized carbons (Fsp3) is 0.182. The summed E-state index contributed by atoms with van der Waals surface area (Å²) >= 11 is 0. The number of ether oxygens (including phenoxy) is 1. The van der Waals surface area contributed by atoms with Crippen LogP contribution in [0.5, 0.6) is 0 Å². The fourth-order valence-electron chi connectivity index (χ4n) is 2.66. The van der Waals surface area contributed by atoms with Gasteiger partial charge < -0.3 is 15.4 Å². The average molecular weight is 390 g/mol. The van der Waals surface area contributed by atoms with Crippen LogP contribution in [0.1, 0.15) is 28.4 Å². The molecule has 0 bridgehead atoms. The van der Waals surface area contributed by atoms with Crippen LogP contribution in [0, 0.1) is 6.92 Å². The van der Waals surface area contributed by atoms with Gasteiger partial charge in [-0.15, -0.1) is 10.2 Å². The van der Waals surface area contributed by atoms with Crippen LogP contribution in [-0.2, 0) is 16.0 Å². The van der Waals surface area contributed by atoms with E-state index in [1.165, 1.54) is 0 Å². The first-order valence-corrected chi connectivity index (χ1v) is 9.27. The third-order valence-electron chi connectivity index (χ3n) is 4.10. The molecular formula is C22H22N4O3. The molecule has 2 N–H and O–H groups in total. The molecule has 3 rings (SSSR count). The Hall–Kier alpha value is -3.74. The average Bonchev–Trinajstić information content (AvgIpc) is 2.72. The van der Waals surface area contributed by atoms with Gasteiger partial charge in [-0.3, -0.25) is 4.79 Å². The van der Waals surface area contributed by atoms with Crippen molar-refractivity contribution >= 4 is 29.2 Å². The van der Waals surface area contributed by atoms with E-state index in [4.69, 9.17) is 4.74 Å². The molecule has 1 amide bonds. The number of amides is 1. The molecule has 2 aromatic carbocycles. The second-order valence-corrected chi connectivity index (χ2v) is 6.41. The molecule has 0 spiro atoms. The lowest BCUT2D eigenvalue weighted by Crippen LogP contribution is -2.15. The SMILES string of the molecule is CCOC(=O)c1ccccc1Nc1ccc(NC(=O)Cc2ccc(C)cc2)nn1. The lowest BCUT2D eigenvalue weighted by molar-refractivity contribution is -0.115. The summed E-state index contributed by atoms with van der Waals surface area (Å²) in [6.07, 6.45) is 0.259. The highest BCUT2D eigenvalue weighted by Crippen LogP contribution is 2.20. The van der Waals surface area contributed by atoms with Gasteiger partial charge in [-0.05, 0) is 43.7 Å². The minimum Gasteiger partial charge on any atom is -0.462 e. The zero-order valence-electron chi connectivity index (χ0n) is 16.3. The molecule has 0 unspecified atom stereocenters. The molecule has 0 saturated carbocycles. The van der Waals surface area contributed by atoms with Crippen molar-refractivity contribution in [1.82, 2.24) is 10.2 Å². The number of anilines is 3. The van der Waals surface area contributed by atoms with E-state index in [9.17, 15) is 9.59 Å². The van der Waals surface area contributed by atoms with Gasteiger partial charge in [0, 0.05) is 0 Å². The van der Waals surface area contributed by atoms with Crippen LogP contribution in [-0.4, -0.2) is 28.7 Å². The second-order valence-electron chi connectivity index (χ2n) is 6.41. The van der Waals surface area contributed by atoms with Crippen LogP contribution in [0.2, 0.25) is 0 Å². The van der Waals surface area contributed by atoms with Crippen LogP contribution in [0.4, 0.5) is 17.3 Å². The fourth-order valence-corrected chi connectivity index (χ4v) is 2.66. The highest BCUT2D eigenvalue weighted by molar-refractivity contribution is 5.96. The van der Waals surface area contributed by atoms with Crippen LogP contribution in [0.15, 0.2) is 60.7 Å². The van der Waals surface area contributed by atoms with Crippen molar-refractivity contribution in [2.75, 3.05) is 17.2 Å². The molecule has 0 aliphatic rings. The largest absolute Gasteiger partial charge is 0.462 e. The number of nitrogens with zero attached hydrogens (tertiary/aromatic N) is 2. The Bertz CT molecular complexity index is 986. The molecule has 148 valence electrons. The van der Waals surface area contributed by atoms with E-state index in [-0.39, 0.29) is 12.3 Å². The lowest BCUT2D eigenvalue weighted by atomic mass is 10.1. The molecule has 0 atom stereocenters. The van der Waals surface area contributed by atoms with Crippen molar-refractivity contribution in [3.63, 3.8) is 0 Å². The molecule has 1 aromatic heterocycles. The van der Waals surface area contributed by atoms with Crippen molar-refractivity contribution in [1.29, 1.82) is 0 Å². The first-order chi connectivity index (χ1) is 14.0. The number of nitrogens with one attached hydrogen (secondary N) is 2. The Morgan fingerprint density at radius 3 is 2.31 bits per heavy atom. The van der Waals surface area contributed by atoms with Gasteiger partial charge in [-0.25, -0.2) is 4.79 Å². The molecule has 29 heavy (non-hydrogen) atoms. The highest BCUT2D eigenvalue weighted by atomic mass is 16.5. The Morgan fingerprint density at radius 2 is 1.62 bits per heavy atom. The molecule has 3 aromatic rings. The molecule has 1 heterocycles. The molecule has 0 saturated heterocycles. The zero-order chi connectivity index (χ0) is 20.6. The van der Waals surface area contributed by atoms with Gasteiger partial charge >= 0.3 is 5.97 Å². The monoisotopic (exact) mass is 390 g/mol. The van der Waals surface area contributed by atoms with E-state index >= 15 is 0 Å². The Balaban J connectivity index is 1.63. The standard InChI is InChI=1S/C22H22N4O3/c1-3-29-22(28)17-6-4-5-7-18(17)23-19-12-13-20(26-25-19)24-21(27)14-16-10-8-15(2)9-11-16/h4-13H,3,14H2,1-2H3,(H,23,25)(H,24,26,27). The predicted octanol–water partition coefficient (Wildman–Crippen LogP) is 3.89. The first-order valence-electron chi connectivity index (χ1n) is 9.27. The molecule has 0 radical (unpaired) electrons. The molecule has 7 nitrogen and oxygen atoms in total. The van der Waals surface area contributed by atoms with Crippen LogP contribution in [0.3, 0.4) is 0 Å². The number of para-hydroxylation sites is 1. The van der Waals surface area contributed by atoms with Gasteiger partial charge in [-0.1, -0.05) is 42.0 Å². The van der Waals surface area contributed by atoms with Gasteiger partial charge in [-0.2, -0.15) is 0 Å². The minimum absolute atomic E-state index is 0.170. The quantitative estimate of drug-likeness (QED) is 0.595. The Kier molecular flexibility index (Phi) is 6.52. The maximum atomic E-state index is 12.2. The molecule has 0 aliphatic carbocycles. The van der Waals surface area contributed by atoms with Gasteiger partial charge in [0.05, 0.1) is 24.3 Å². The number of esters is 1. The third kappa shape index (κ3) is 5.62. The zero-order valence-corrected chi connectivity index (χ0v) is 16.3. The number of carbonyl (C=O) groups excluding carboxylic acids is 2. The third-order valence-corrected chi connectivity index (χ3v) is 4.10. The topological polar surface area (TPSA) is 93.2 Å². The van der Waals surface area contributed by atoms with E-state index in [1.54, 1.807) is 43.3 Å². The lowest BCUT2D eigenvalue weighted by Gasteiger charge is -2.10. The highest BCUT2D eigenvalue weighted by Gasteiger charge is 2.12. The maximum Gasteiger partial charge on any atom is 0.340 e. The number of carbonyl (C=O) groups is 2. The Morgan fingerprint density at radius 1 is 0.931 bits per heavy atom. The summed E-state index contributed by atoms with van der Waals surface area (Å²) in [5.41, 5.74) is 3.05. The minimum atomic E-state index is -0.413. The van der Waals surface area contributed by atoms with Crippen molar-refractivity contribution in [2.24, 2.45) is 0 Å². The molecule has 0 aliphatic heterocycles. The van der Waals surface area contributed by atoms with Crippen molar-refractivity contribution in [3.8, 4) is 0 Å². The van der Waals surface area contributed by atoms with E-state index in [2.05, 4.69) is 20.8 Å². The maximum absolute atomic E-state index is 12.2. The predicted molar refractivity (Wildman–Crippen MR) is 111 cm³/mol. The normalized spacial score (nSPS) is 10.3. The summed E-state index contributed by atoms with van der Waals surface area (Å²) in [5, 5.41) is 13.9. The smallest absolute Gasteiger partial charge is 0.340 e. The Labute approximate surface area is 169 Å². The van der Waals surface area contributed by atoms with Gasteiger partial charge in [0.15, 0.2) is 11.6 Å². The van der Waals surface area contributed by atoms with E-state index in [0.29, 0.717) is 29.5 Å². The second kappa shape index (κ2) is 9.45. The summed E-state index contributed by atoms with van der Waals surface area (Å²) in [7, 11) is 0. The van der Waals surface area contributed by atoms with E-state index < -0.39 is 5.97 Å². The number of rotatable bonds is 7. The summed E-state index contributed by atoms with van der Waals surface area (Å²) in [6, 6.07) is 18.1. The molecule has 0 fully saturated rings. The number of hydrogen-bond donors (Lipinski definition) is 2. The van der Waals surface area contributed by atoms with Gasteiger partial charge in [0.2, 0.25) is 5.91 Å². The van der Waals surface area contributed by atoms with Crippen molar-refractivity contribution in [3.05, 3.63) is 77.4 Å². The van der Waals surface area contributed by atoms with Gasteiger partial charge in [0.1, 0.15) is 0 Å². The van der Waals surface area contributed by atoms with Crippen molar-refractivity contribution < 1.29 is 14.3 Å². The van der Waals surface area contributed by atoms with E-state index in [0.717, 1.165) is 11.1 Å². The first kappa shape index (κ1) is 20.0. The van der Waals surface area contributed by atoms with E-state index in [1.807, 2.05) is 31.2 Å². The van der Waals surface area contributed by atoms with Gasteiger partial charge in [0.25, 0.3) is 0 Å². The summed E-state index contributed by atoms with van der Waals surface area (Å²) in [5.74, 6) is 0.213.